The zero-order valence-corrected chi connectivity index (χ0v) is 10.2. The number of benzene rings is 2. The average Bonchev–Trinajstić information content (AvgIpc) is 2.39. The molecule has 0 saturated heterocycles. The van der Waals surface area contributed by atoms with Crippen LogP contribution >= 0.6 is 11.6 Å². The fraction of sp³-hybridized carbons (Fsp3) is 0.0714. The van der Waals surface area contributed by atoms with Crippen LogP contribution in [0.5, 0.6) is 0 Å². The highest BCUT2D eigenvalue weighted by molar-refractivity contribution is 6.31. The second-order valence-electron chi connectivity index (χ2n) is 3.64. The lowest BCUT2D eigenvalue weighted by molar-refractivity contribution is 0.103. The fourth-order valence-electron chi connectivity index (χ4n) is 1.67. The number of hydrogen-bond donors (Lipinski definition) is 1. The summed E-state index contributed by atoms with van der Waals surface area (Å²) in [6, 6.07) is 14.4. The predicted molar refractivity (Wildman–Crippen MR) is 70.9 cm³/mol. The molecule has 0 aromatic heterocycles. The van der Waals surface area contributed by atoms with Crippen LogP contribution in [0.1, 0.15) is 15.9 Å². The number of carbonyl (C=O) groups excluding carboxylic acids is 1. The Balaban J connectivity index is 2.47. The van der Waals surface area contributed by atoms with E-state index in [1.165, 1.54) is 0 Å². The summed E-state index contributed by atoms with van der Waals surface area (Å²) in [5.74, 6) is -0.0301. The molecular formula is C14H12ClNO. The van der Waals surface area contributed by atoms with Crippen LogP contribution in [0.15, 0.2) is 48.5 Å². The van der Waals surface area contributed by atoms with E-state index in [2.05, 4.69) is 5.32 Å². The molecule has 2 rings (SSSR count). The molecule has 0 bridgehead atoms. The lowest BCUT2D eigenvalue weighted by atomic mass is 10.0. The number of nitrogens with one attached hydrogen (secondary N) is 1. The number of carbonyl (C=O) groups is 1. The van der Waals surface area contributed by atoms with Gasteiger partial charge in [-0.1, -0.05) is 41.9 Å². The lowest BCUT2D eigenvalue weighted by Crippen LogP contribution is -2.05. The van der Waals surface area contributed by atoms with Gasteiger partial charge >= 0.3 is 0 Å². The number of hydrogen-bond acceptors (Lipinski definition) is 2. The first-order valence-corrected chi connectivity index (χ1v) is 5.67. The van der Waals surface area contributed by atoms with Gasteiger partial charge in [0.1, 0.15) is 0 Å². The minimum absolute atomic E-state index is 0.0301. The quantitative estimate of drug-likeness (QED) is 0.837. The molecule has 2 aromatic rings. The molecule has 0 spiro atoms. The molecule has 0 aliphatic carbocycles. The Bertz CT molecular complexity index is 537. The maximum atomic E-state index is 12.3. The monoisotopic (exact) mass is 245 g/mol. The predicted octanol–water partition coefficient (Wildman–Crippen LogP) is 3.61. The van der Waals surface area contributed by atoms with Crippen LogP contribution in [0.2, 0.25) is 5.02 Å². The summed E-state index contributed by atoms with van der Waals surface area (Å²) in [7, 11) is 1.78. The van der Waals surface area contributed by atoms with Crippen LogP contribution in [0.25, 0.3) is 0 Å². The maximum absolute atomic E-state index is 12.3. The van der Waals surface area contributed by atoms with Gasteiger partial charge in [-0.2, -0.15) is 0 Å². The van der Waals surface area contributed by atoms with Crippen molar-refractivity contribution >= 4 is 23.1 Å². The molecule has 2 aromatic carbocycles. The highest BCUT2D eigenvalue weighted by atomic mass is 35.5. The Hall–Kier alpha value is -1.80. The zero-order valence-electron chi connectivity index (χ0n) is 9.41. The van der Waals surface area contributed by atoms with Gasteiger partial charge in [0.25, 0.3) is 0 Å². The van der Waals surface area contributed by atoms with Gasteiger partial charge in [-0.05, 0) is 18.2 Å². The van der Waals surface area contributed by atoms with E-state index in [0.717, 1.165) is 5.69 Å². The van der Waals surface area contributed by atoms with Crippen molar-refractivity contribution in [2.75, 3.05) is 12.4 Å². The van der Waals surface area contributed by atoms with E-state index in [1.807, 2.05) is 18.2 Å². The van der Waals surface area contributed by atoms with Gasteiger partial charge in [0.05, 0.1) is 0 Å². The minimum atomic E-state index is -0.0301. The molecule has 3 heteroatoms. The molecule has 1 N–H and O–H groups in total. The minimum Gasteiger partial charge on any atom is -0.388 e. The van der Waals surface area contributed by atoms with Crippen LogP contribution in [-0.4, -0.2) is 12.8 Å². The molecule has 86 valence electrons. The van der Waals surface area contributed by atoms with Gasteiger partial charge in [-0.25, -0.2) is 0 Å². The fourth-order valence-corrected chi connectivity index (χ4v) is 1.84. The van der Waals surface area contributed by atoms with E-state index in [0.29, 0.717) is 16.1 Å². The van der Waals surface area contributed by atoms with Crippen molar-refractivity contribution in [2.45, 2.75) is 0 Å². The van der Waals surface area contributed by atoms with Crippen LogP contribution < -0.4 is 5.32 Å². The molecule has 2 nitrogen and oxygen atoms in total. The van der Waals surface area contributed by atoms with E-state index in [4.69, 9.17) is 11.6 Å². The molecule has 0 heterocycles. The second kappa shape index (κ2) is 5.02. The number of ketones is 1. The van der Waals surface area contributed by atoms with E-state index < -0.39 is 0 Å². The third-order valence-electron chi connectivity index (χ3n) is 2.53. The van der Waals surface area contributed by atoms with E-state index in [1.54, 1.807) is 37.4 Å². The van der Waals surface area contributed by atoms with Crippen LogP contribution in [-0.2, 0) is 0 Å². The third kappa shape index (κ3) is 2.48. The standard InChI is InChI=1S/C14H12ClNO/c1-16-13-8-7-11(15)9-12(13)14(17)10-5-3-2-4-6-10/h2-9,16H,1H3. The van der Waals surface area contributed by atoms with Crippen LogP contribution in [0.3, 0.4) is 0 Å². The Morgan fingerprint density at radius 1 is 1.12 bits per heavy atom. The first kappa shape index (κ1) is 11.7. The smallest absolute Gasteiger partial charge is 0.195 e. The summed E-state index contributed by atoms with van der Waals surface area (Å²) in [6.07, 6.45) is 0. The highest BCUT2D eigenvalue weighted by Crippen LogP contribution is 2.23. The van der Waals surface area contributed by atoms with Crippen LogP contribution in [0.4, 0.5) is 5.69 Å². The molecule has 17 heavy (non-hydrogen) atoms. The molecule has 0 saturated carbocycles. The molecular weight excluding hydrogens is 234 g/mol. The summed E-state index contributed by atoms with van der Waals surface area (Å²) in [6.45, 7) is 0. The average molecular weight is 246 g/mol. The largest absolute Gasteiger partial charge is 0.388 e. The van der Waals surface area contributed by atoms with Crippen molar-refractivity contribution in [3.8, 4) is 0 Å². The van der Waals surface area contributed by atoms with Crippen molar-refractivity contribution in [2.24, 2.45) is 0 Å². The lowest BCUT2D eigenvalue weighted by Gasteiger charge is -2.08. The summed E-state index contributed by atoms with van der Waals surface area (Å²) < 4.78 is 0. The first-order chi connectivity index (χ1) is 8.22. The summed E-state index contributed by atoms with van der Waals surface area (Å²) in [5, 5.41) is 3.55. The van der Waals surface area contributed by atoms with Crippen molar-refractivity contribution < 1.29 is 4.79 Å². The van der Waals surface area contributed by atoms with Gasteiger partial charge in [-0.3, -0.25) is 4.79 Å². The topological polar surface area (TPSA) is 29.1 Å². The maximum Gasteiger partial charge on any atom is 0.195 e. The SMILES string of the molecule is CNc1ccc(Cl)cc1C(=O)c1ccccc1. The van der Waals surface area contributed by atoms with E-state index >= 15 is 0 Å². The van der Waals surface area contributed by atoms with Gasteiger partial charge in [0.2, 0.25) is 0 Å². The van der Waals surface area contributed by atoms with Crippen molar-refractivity contribution in [1.29, 1.82) is 0 Å². The highest BCUT2D eigenvalue weighted by Gasteiger charge is 2.13. The van der Waals surface area contributed by atoms with Gasteiger partial charge in [0, 0.05) is 28.9 Å². The molecule has 0 radical (unpaired) electrons. The third-order valence-corrected chi connectivity index (χ3v) is 2.77. The number of halogens is 1. The van der Waals surface area contributed by atoms with Gasteiger partial charge in [0.15, 0.2) is 5.78 Å². The normalized spacial score (nSPS) is 10.0. The Morgan fingerprint density at radius 3 is 2.47 bits per heavy atom. The van der Waals surface area contributed by atoms with Crippen molar-refractivity contribution in [3.05, 3.63) is 64.7 Å². The van der Waals surface area contributed by atoms with Crippen molar-refractivity contribution in [1.82, 2.24) is 0 Å². The summed E-state index contributed by atoms with van der Waals surface area (Å²) >= 11 is 5.93. The van der Waals surface area contributed by atoms with Crippen molar-refractivity contribution in [3.63, 3.8) is 0 Å². The molecule has 0 unspecified atom stereocenters. The Morgan fingerprint density at radius 2 is 1.82 bits per heavy atom. The van der Waals surface area contributed by atoms with Crippen LogP contribution in [0, 0.1) is 0 Å². The number of rotatable bonds is 3. The van der Waals surface area contributed by atoms with Gasteiger partial charge < -0.3 is 5.32 Å². The molecule has 0 aliphatic rings. The second-order valence-corrected chi connectivity index (χ2v) is 4.07. The molecule has 0 amide bonds. The number of anilines is 1. The van der Waals surface area contributed by atoms with Gasteiger partial charge in [-0.15, -0.1) is 0 Å². The Labute approximate surface area is 105 Å². The molecule has 0 fully saturated rings. The van der Waals surface area contributed by atoms with E-state index in [9.17, 15) is 4.79 Å². The zero-order chi connectivity index (χ0) is 12.3. The summed E-state index contributed by atoms with van der Waals surface area (Å²) in [5.41, 5.74) is 2.03. The first-order valence-electron chi connectivity index (χ1n) is 5.29. The molecule has 0 aliphatic heterocycles. The Kier molecular flexibility index (Phi) is 3.45. The van der Waals surface area contributed by atoms with E-state index in [-0.39, 0.29) is 5.78 Å². The molecule has 0 atom stereocenters. The summed E-state index contributed by atoms with van der Waals surface area (Å²) in [4.78, 5) is 12.3.